The van der Waals surface area contributed by atoms with Crippen LogP contribution in [0.5, 0.6) is 11.5 Å². The Morgan fingerprint density at radius 3 is 1.88 bits per heavy atom. The zero-order valence-corrected chi connectivity index (χ0v) is 14.1. The molecule has 0 heterocycles. The summed E-state index contributed by atoms with van der Waals surface area (Å²) >= 11 is 0. The fourth-order valence-electron chi connectivity index (χ4n) is 2.46. The molecule has 3 nitrogen and oxygen atoms in total. The van der Waals surface area contributed by atoms with Crippen LogP contribution in [0.3, 0.4) is 0 Å². The minimum absolute atomic E-state index is 0.452. The molecule has 0 unspecified atom stereocenters. The standard InChI is InChI=1S/C22H19NO2/c1-17-11-21(24-15-19-5-3-2-4-6-19)13-22(12-17)25-16-20-9-7-18(14-23)8-10-20/h2-13H,15-16H2,1H3. The van der Waals surface area contributed by atoms with Crippen LogP contribution in [0, 0.1) is 18.3 Å². The highest BCUT2D eigenvalue weighted by molar-refractivity contribution is 5.38. The normalized spacial score (nSPS) is 10.1. The molecule has 3 aromatic carbocycles. The van der Waals surface area contributed by atoms with Crippen molar-refractivity contribution in [3.8, 4) is 17.6 Å². The van der Waals surface area contributed by atoms with Crippen LogP contribution in [0.15, 0.2) is 72.8 Å². The molecule has 0 N–H and O–H groups in total. The van der Waals surface area contributed by atoms with Crippen LogP contribution in [0.25, 0.3) is 0 Å². The van der Waals surface area contributed by atoms with Crippen molar-refractivity contribution < 1.29 is 9.47 Å². The molecule has 0 aliphatic carbocycles. The first kappa shape index (κ1) is 16.6. The zero-order chi connectivity index (χ0) is 17.5. The van der Waals surface area contributed by atoms with E-state index < -0.39 is 0 Å². The lowest BCUT2D eigenvalue weighted by molar-refractivity contribution is 0.289. The first-order chi connectivity index (χ1) is 12.2. The van der Waals surface area contributed by atoms with Gasteiger partial charge in [-0.15, -0.1) is 0 Å². The molecular formula is C22H19NO2. The molecule has 0 aliphatic rings. The Hall–Kier alpha value is -3.25. The topological polar surface area (TPSA) is 42.2 Å². The summed E-state index contributed by atoms with van der Waals surface area (Å²) in [5.41, 5.74) is 3.88. The van der Waals surface area contributed by atoms with E-state index in [1.165, 1.54) is 0 Å². The lowest BCUT2D eigenvalue weighted by Gasteiger charge is -2.11. The Morgan fingerprint density at radius 1 is 0.760 bits per heavy atom. The fourth-order valence-corrected chi connectivity index (χ4v) is 2.46. The lowest BCUT2D eigenvalue weighted by Crippen LogP contribution is -1.98. The van der Waals surface area contributed by atoms with Gasteiger partial charge in [0.05, 0.1) is 11.6 Å². The number of benzene rings is 3. The van der Waals surface area contributed by atoms with Crippen LogP contribution in [-0.4, -0.2) is 0 Å². The quantitative estimate of drug-likeness (QED) is 0.637. The second-order valence-electron chi connectivity index (χ2n) is 5.85. The van der Waals surface area contributed by atoms with Crippen LogP contribution in [-0.2, 0) is 13.2 Å². The Bertz CT molecular complexity index is 865. The third kappa shape index (κ3) is 4.86. The van der Waals surface area contributed by atoms with Crippen molar-refractivity contribution in [2.24, 2.45) is 0 Å². The first-order valence-electron chi connectivity index (χ1n) is 8.13. The minimum atomic E-state index is 0.452. The van der Waals surface area contributed by atoms with E-state index in [0.717, 1.165) is 28.2 Å². The molecular weight excluding hydrogens is 310 g/mol. The summed E-state index contributed by atoms with van der Waals surface area (Å²) in [5.74, 6) is 1.56. The van der Waals surface area contributed by atoms with E-state index in [2.05, 4.69) is 6.07 Å². The Morgan fingerprint density at radius 2 is 1.32 bits per heavy atom. The van der Waals surface area contributed by atoms with Crippen LogP contribution in [0.2, 0.25) is 0 Å². The van der Waals surface area contributed by atoms with E-state index in [9.17, 15) is 0 Å². The summed E-state index contributed by atoms with van der Waals surface area (Å²) in [5, 5.41) is 8.84. The van der Waals surface area contributed by atoms with E-state index >= 15 is 0 Å². The monoisotopic (exact) mass is 329 g/mol. The zero-order valence-electron chi connectivity index (χ0n) is 14.1. The van der Waals surface area contributed by atoms with Crippen molar-refractivity contribution in [1.82, 2.24) is 0 Å². The summed E-state index contributed by atoms with van der Waals surface area (Å²) in [6.07, 6.45) is 0. The van der Waals surface area contributed by atoms with Gasteiger partial charge in [-0.25, -0.2) is 0 Å². The maximum Gasteiger partial charge on any atom is 0.123 e. The molecule has 0 bridgehead atoms. The number of aryl methyl sites for hydroxylation is 1. The van der Waals surface area contributed by atoms with Gasteiger partial charge in [-0.2, -0.15) is 5.26 Å². The van der Waals surface area contributed by atoms with Gasteiger partial charge in [0, 0.05) is 6.07 Å². The van der Waals surface area contributed by atoms with E-state index in [-0.39, 0.29) is 0 Å². The van der Waals surface area contributed by atoms with Crippen molar-refractivity contribution >= 4 is 0 Å². The van der Waals surface area contributed by atoms with E-state index in [4.69, 9.17) is 14.7 Å². The molecule has 0 spiro atoms. The summed E-state index contributed by atoms with van der Waals surface area (Å²) < 4.78 is 11.8. The Labute approximate surface area is 148 Å². The van der Waals surface area contributed by atoms with Crippen molar-refractivity contribution in [2.75, 3.05) is 0 Å². The van der Waals surface area contributed by atoms with E-state index in [1.54, 1.807) is 12.1 Å². The Kier molecular flexibility index (Phi) is 5.33. The van der Waals surface area contributed by atoms with Crippen LogP contribution >= 0.6 is 0 Å². The molecule has 0 amide bonds. The number of hydrogen-bond donors (Lipinski definition) is 0. The number of hydrogen-bond acceptors (Lipinski definition) is 3. The smallest absolute Gasteiger partial charge is 0.123 e. The summed E-state index contributed by atoms with van der Waals surface area (Å²) in [6, 6.07) is 25.5. The molecule has 0 atom stereocenters. The maximum atomic E-state index is 8.84. The number of nitriles is 1. The van der Waals surface area contributed by atoms with Gasteiger partial charge in [-0.3, -0.25) is 0 Å². The van der Waals surface area contributed by atoms with Crippen molar-refractivity contribution in [3.63, 3.8) is 0 Å². The first-order valence-corrected chi connectivity index (χ1v) is 8.13. The molecule has 0 aromatic heterocycles. The predicted molar refractivity (Wildman–Crippen MR) is 97.4 cm³/mol. The third-order valence-corrected chi connectivity index (χ3v) is 3.76. The number of nitrogens with zero attached hydrogens (tertiary/aromatic N) is 1. The lowest BCUT2D eigenvalue weighted by atomic mass is 10.1. The molecule has 124 valence electrons. The van der Waals surface area contributed by atoms with Gasteiger partial charge in [0.15, 0.2) is 0 Å². The SMILES string of the molecule is Cc1cc(OCc2ccccc2)cc(OCc2ccc(C#N)cc2)c1. The number of ether oxygens (including phenoxy) is 2. The van der Waals surface area contributed by atoms with Crippen LogP contribution < -0.4 is 9.47 Å². The van der Waals surface area contributed by atoms with E-state index in [1.807, 2.05) is 67.6 Å². The maximum absolute atomic E-state index is 8.84. The van der Waals surface area contributed by atoms with Crippen molar-refractivity contribution in [3.05, 3.63) is 95.1 Å². The highest BCUT2D eigenvalue weighted by Crippen LogP contribution is 2.24. The molecule has 3 rings (SSSR count). The van der Waals surface area contributed by atoms with Crippen molar-refractivity contribution in [1.29, 1.82) is 5.26 Å². The van der Waals surface area contributed by atoms with E-state index in [0.29, 0.717) is 18.8 Å². The molecule has 0 fully saturated rings. The fraction of sp³-hybridized carbons (Fsp3) is 0.136. The molecule has 3 aromatic rings. The second kappa shape index (κ2) is 8.03. The predicted octanol–water partition coefficient (Wildman–Crippen LogP) is 5.02. The number of rotatable bonds is 6. The minimum Gasteiger partial charge on any atom is -0.489 e. The molecule has 0 saturated carbocycles. The third-order valence-electron chi connectivity index (χ3n) is 3.76. The van der Waals surface area contributed by atoms with Gasteiger partial charge >= 0.3 is 0 Å². The van der Waals surface area contributed by atoms with Gasteiger partial charge in [0.25, 0.3) is 0 Å². The highest BCUT2D eigenvalue weighted by atomic mass is 16.5. The molecule has 25 heavy (non-hydrogen) atoms. The summed E-state index contributed by atoms with van der Waals surface area (Å²) in [4.78, 5) is 0. The molecule has 3 heteroatoms. The molecule has 0 radical (unpaired) electrons. The second-order valence-corrected chi connectivity index (χ2v) is 5.85. The van der Waals surface area contributed by atoms with Gasteiger partial charge < -0.3 is 9.47 Å². The van der Waals surface area contributed by atoms with Gasteiger partial charge in [0.2, 0.25) is 0 Å². The van der Waals surface area contributed by atoms with Gasteiger partial charge in [0.1, 0.15) is 24.7 Å². The average Bonchev–Trinajstić information content (AvgIpc) is 2.66. The highest BCUT2D eigenvalue weighted by Gasteiger charge is 2.03. The Balaban J connectivity index is 1.63. The molecule has 0 aliphatic heterocycles. The van der Waals surface area contributed by atoms with Crippen LogP contribution in [0.1, 0.15) is 22.3 Å². The summed E-state index contributed by atoms with van der Waals surface area (Å²) in [6.45, 7) is 3.00. The summed E-state index contributed by atoms with van der Waals surface area (Å²) in [7, 11) is 0. The van der Waals surface area contributed by atoms with Gasteiger partial charge in [-0.05, 0) is 47.9 Å². The van der Waals surface area contributed by atoms with Crippen LogP contribution in [0.4, 0.5) is 0 Å². The van der Waals surface area contributed by atoms with Gasteiger partial charge in [-0.1, -0.05) is 42.5 Å². The van der Waals surface area contributed by atoms with Crippen molar-refractivity contribution in [2.45, 2.75) is 20.1 Å². The largest absolute Gasteiger partial charge is 0.489 e. The molecule has 0 saturated heterocycles. The average molecular weight is 329 g/mol.